The summed E-state index contributed by atoms with van der Waals surface area (Å²) in [6.07, 6.45) is 5.73. The molecule has 4 heteroatoms. The molecular formula is C11H16N4. The SMILES string of the molecule is CCCC(C)(C)c1cc2nncn2cn1. The van der Waals surface area contributed by atoms with Crippen LogP contribution in [0.15, 0.2) is 18.7 Å². The summed E-state index contributed by atoms with van der Waals surface area (Å²) in [5.74, 6) is 0. The summed E-state index contributed by atoms with van der Waals surface area (Å²) >= 11 is 0. The molecule has 15 heavy (non-hydrogen) atoms. The van der Waals surface area contributed by atoms with E-state index >= 15 is 0 Å². The third-order valence-corrected chi connectivity index (χ3v) is 2.76. The molecule has 0 aliphatic rings. The molecule has 0 saturated carbocycles. The molecule has 0 aliphatic carbocycles. The summed E-state index contributed by atoms with van der Waals surface area (Å²) in [7, 11) is 0. The predicted molar refractivity (Wildman–Crippen MR) is 58.7 cm³/mol. The van der Waals surface area contributed by atoms with E-state index in [0.717, 1.165) is 24.2 Å². The Morgan fingerprint density at radius 2 is 2.13 bits per heavy atom. The molecular weight excluding hydrogens is 188 g/mol. The van der Waals surface area contributed by atoms with Crippen LogP contribution in [0.5, 0.6) is 0 Å². The largest absolute Gasteiger partial charge is 0.272 e. The molecule has 0 unspecified atom stereocenters. The maximum Gasteiger partial charge on any atom is 0.163 e. The van der Waals surface area contributed by atoms with Gasteiger partial charge in [-0.1, -0.05) is 27.2 Å². The van der Waals surface area contributed by atoms with Gasteiger partial charge in [-0.15, -0.1) is 10.2 Å². The Morgan fingerprint density at radius 3 is 2.87 bits per heavy atom. The standard InChI is InChI=1S/C11H16N4/c1-4-5-11(2,3)9-6-10-14-13-8-15(10)7-12-9/h6-8H,4-5H2,1-3H3. The van der Waals surface area contributed by atoms with Crippen LogP contribution in [0.4, 0.5) is 0 Å². The summed E-state index contributed by atoms with van der Waals surface area (Å²) in [5.41, 5.74) is 2.07. The lowest BCUT2D eigenvalue weighted by atomic mass is 9.84. The number of fused-ring (bicyclic) bond motifs is 1. The maximum atomic E-state index is 4.45. The lowest BCUT2D eigenvalue weighted by Crippen LogP contribution is -2.18. The van der Waals surface area contributed by atoms with Crippen molar-refractivity contribution in [3.63, 3.8) is 0 Å². The van der Waals surface area contributed by atoms with Gasteiger partial charge in [-0.3, -0.25) is 4.40 Å². The van der Waals surface area contributed by atoms with Crippen molar-refractivity contribution in [3.05, 3.63) is 24.4 Å². The molecule has 0 spiro atoms. The highest BCUT2D eigenvalue weighted by Gasteiger charge is 2.21. The molecule has 0 bridgehead atoms. The Kier molecular flexibility index (Phi) is 2.42. The van der Waals surface area contributed by atoms with Crippen molar-refractivity contribution in [1.82, 2.24) is 19.6 Å². The molecule has 2 rings (SSSR count). The van der Waals surface area contributed by atoms with Crippen LogP contribution in [0.3, 0.4) is 0 Å². The predicted octanol–water partition coefficient (Wildman–Crippen LogP) is 2.20. The van der Waals surface area contributed by atoms with Gasteiger partial charge in [0.1, 0.15) is 12.7 Å². The van der Waals surface area contributed by atoms with E-state index in [0.29, 0.717) is 0 Å². The minimum absolute atomic E-state index is 0.114. The summed E-state index contributed by atoms with van der Waals surface area (Å²) in [4.78, 5) is 4.45. The van der Waals surface area contributed by atoms with Crippen LogP contribution in [-0.4, -0.2) is 19.6 Å². The van der Waals surface area contributed by atoms with E-state index in [-0.39, 0.29) is 5.41 Å². The van der Waals surface area contributed by atoms with E-state index in [2.05, 4.69) is 36.0 Å². The minimum atomic E-state index is 0.114. The van der Waals surface area contributed by atoms with Crippen molar-refractivity contribution in [3.8, 4) is 0 Å². The Labute approximate surface area is 89.4 Å². The second-order valence-electron chi connectivity index (χ2n) is 4.50. The lowest BCUT2D eigenvalue weighted by Gasteiger charge is -2.22. The molecule has 0 aliphatic heterocycles. The fourth-order valence-corrected chi connectivity index (χ4v) is 1.85. The quantitative estimate of drug-likeness (QED) is 0.769. The molecule has 0 atom stereocenters. The molecule has 0 radical (unpaired) electrons. The average molecular weight is 204 g/mol. The fraction of sp³-hybridized carbons (Fsp3) is 0.545. The van der Waals surface area contributed by atoms with Crippen LogP contribution in [0.25, 0.3) is 5.65 Å². The highest BCUT2D eigenvalue weighted by atomic mass is 15.2. The van der Waals surface area contributed by atoms with Crippen molar-refractivity contribution in [1.29, 1.82) is 0 Å². The van der Waals surface area contributed by atoms with Gasteiger partial charge in [-0.2, -0.15) is 0 Å². The first-order valence-electron chi connectivity index (χ1n) is 5.29. The van der Waals surface area contributed by atoms with Crippen molar-refractivity contribution in [2.45, 2.75) is 39.0 Å². The van der Waals surface area contributed by atoms with Gasteiger partial charge in [0.05, 0.1) is 5.69 Å². The molecule has 4 nitrogen and oxygen atoms in total. The molecule has 0 N–H and O–H groups in total. The second-order valence-corrected chi connectivity index (χ2v) is 4.50. The van der Waals surface area contributed by atoms with Gasteiger partial charge < -0.3 is 0 Å². The zero-order valence-electron chi connectivity index (χ0n) is 9.44. The Balaban J connectivity index is 2.42. The summed E-state index contributed by atoms with van der Waals surface area (Å²) < 4.78 is 1.82. The van der Waals surface area contributed by atoms with Crippen LogP contribution in [0.1, 0.15) is 39.3 Å². The topological polar surface area (TPSA) is 43.1 Å². The van der Waals surface area contributed by atoms with Crippen LogP contribution >= 0.6 is 0 Å². The second kappa shape index (κ2) is 3.61. The maximum absolute atomic E-state index is 4.45. The zero-order chi connectivity index (χ0) is 10.9. The normalized spacial score (nSPS) is 12.2. The summed E-state index contributed by atoms with van der Waals surface area (Å²) in [6, 6.07) is 2.02. The van der Waals surface area contributed by atoms with Crippen LogP contribution in [0, 0.1) is 0 Å². The van der Waals surface area contributed by atoms with Crippen molar-refractivity contribution in [2.75, 3.05) is 0 Å². The molecule has 0 saturated heterocycles. The van der Waals surface area contributed by atoms with Gasteiger partial charge in [0.25, 0.3) is 0 Å². The Bertz CT molecular complexity index is 458. The third-order valence-electron chi connectivity index (χ3n) is 2.76. The molecule has 0 fully saturated rings. The van der Waals surface area contributed by atoms with Crippen LogP contribution in [0.2, 0.25) is 0 Å². The van der Waals surface area contributed by atoms with Crippen LogP contribution in [-0.2, 0) is 5.41 Å². The van der Waals surface area contributed by atoms with Gasteiger partial charge in [-0.05, 0) is 6.42 Å². The number of aromatic nitrogens is 4. The first-order valence-corrected chi connectivity index (χ1v) is 5.29. The van der Waals surface area contributed by atoms with E-state index < -0.39 is 0 Å². The molecule has 2 heterocycles. The van der Waals surface area contributed by atoms with Gasteiger partial charge >= 0.3 is 0 Å². The van der Waals surface area contributed by atoms with Crippen molar-refractivity contribution < 1.29 is 0 Å². The van der Waals surface area contributed by atoms with Gasteiger partial charge in [0.2, 0.25) is 0 Å². The smallest absolute Gasteiger partial charge is 0.163 e. The van der Waals surface area contributed by atoms with Crippen LogP contribution < -0.4 is 0 Å². The van der Waals surface area contributed by atoms with Gasteiger partial charge in [0, 0.05) is 11.5 Å². The molecule has 0 amide bonds. The monoisotopic (exact) mass is 204 g/mol. The fourth-order valence-electron chi connectivity index (χ4n) is 1.85. The van der Waals surface area contributed by atoms with E-state index in [1.807, 2.05) is 10.5 Å². The number of nitrogens with zero attached hydrogens (tertiary/aromatic N) is 4. The molecule has 0 aromatic carbocycles. The molecule has 2 aromatic rings. The number of hydrogen-bond acceptors (Lipinski definition) is 3. The molecule has 2 aromatic heterocycles. The average Bonchev–Trinajstić information content (AvgIpc) is 2.63. The third kappa shape index (κ3) is 1.84. The van der Waals surface area contributed by atoms with Gasteiger partial charge in [-0.25, -0.2) is 4.98 Å². The first-order chi connectivity index (χ1) is 7.13. The van der Waals surface area contributed by atoms with E-state index in [4.69, 9.17) is 0 Å². The highest BCUT2D eigenvalue weighted by Crippen LogP contribution is 2.26. The molecule has 80 valence electrons. The first kappa shape index (κ1) is 10.1. The van der Waals surface area contributed by atoms with Crippen molar-refractivity contribution >= 4 is 5.65 Å². The number of rotatable bonds is 3. The van der Waals surface area contributed by atoms with Crippen molar-refractivity contribution in [2.24, 2.45) is 0 Å². The summed E-state index contributed by atoms with van der Waals surface area (Å²) in [5, 5.41) is 7.87. The Hall–Kier alpha value is -1.45. The Morgan fingerprint density at radius 1 is 1.33 bits per heavy atom. The van der Waals surface area contributed by atoms with E-state index in [1.54, 1.807) is 12.7 Å². The lowest BCUT2D eigenvalue weighted by molar-refractivity contribution is 0.459. The minimum Gasteiger partial charge on any atom is -0.272 e. The summed E-state index contributed by atoms with van der Waals surface area (Å²) in [6.45, 7) is 6.62. The van der Waals surface area contributed by atoms with E-state index in [1.165, 1.54) is 0 Å². The zero-order valence-corrected chi connectivity index (χ0v) is 9.44. The highest BCUT2D eigenvalue weighted by molar-refractivity contribution is 5.38. The van der Waals surface area contributed by atoms with Gasteiger partial charge in [0.15, 0.2) is 5.65 Å². The van der Waals surface area contributed by atoms with E-state index in [9.17, 15) is 0 Å². The number of hydrogen-bond donors (Lipinski definition) is 0.